The van der Waals surface area contributed by atoms with Gasteiger partial charge in [0.25, 0.3) is 0 Å². The summed E-state index contributed by atoms with van der Waals surface area (Å²) in [6, 6.07) is 4.26. The van der Waals surface area contributed by atoms with Gasteiger partial charge in [-0.2, -0.15) is 0 Å². The topological polar surface area (TPSA) is 128 Å². The fourth-order valence-corrected chi connectivity index (χ4v) is 6.90. The van der Waals surface area contributed by atoms with E-state index >= 15 is 0 Å². The number of halogens is 1. The summed E-state index contributed by atoms with van der Waals surface area (Å²) in [5, 5.41) is 3.03. The highest BCUT2D eigenvalue weighted by molar-refractivity contribution is 5.92. The lowest BCUT2D eigenvalue weighted by molar-refractivity contribution is -0.149. The number of esters is 1. The zero-order valence-electron chi connectivity index (χ0n) is 25.0. The molecule has 1 aromatic rings. The van der Waals surface area contributed by atoms with Gasteiger partial charge in [0.2, 0.25) is 5.91 Å². The number of hydrogen-bond donors (Lipinski definition) is 2. The van der Waals surface area contributed by atoms with Gasteiger partial charge in [0, 0.05) is 30.4 Å². The van der Waals surface area contributed by atoms with E-state index in [9.17, 15) is 23.6 Å². The van der Waals surface area contributed by atoms with Crippen molar-refractivity contribution >= 4 is 23.8 Å². The van der Waals surface area contributed by atoms with Crippen LogP contribution in [0.25, 0.3) is 0 Å². The van der Waals surface area contributed by atoms with Crippen LogP contribution in [0.5, 0.6) is 0 Å². The summed E-state index contributed by atoms with van der Waals surface area (Å²) in [5.74, 6) is -1.82. The van der Waals surface area contributed by atoms with Crippen molar-refractivity contribution < 1.29 is 33.0 Å². The molecule has 2 saturated carbocycles. The van der Waals surface area contributed by atoms with Crippen LogP contribution in [0.15, 0.2) is 30.4 Å². The first-order valence-corrected chi connectivity index (χ1v) is 15.9. The summed E-state index contributed by atoms with van der Waals surface area (Å²) >= 11 is 0. The maximum Gasteiger partial charge on any atom is 0.410 e. The van der Waals surface area contributed by atoms with E-state index in [0.717, 1.165) is 31.2 Å². The van der Waals surface area contributed by atoms with Crippen molar-refractivity contribution in [1.29, 1.82) is 0 Å². The van der Waals surface area contributed by atoms with Gasteiger partial charge in [-0.3, -0.25) is 14.5 Å². The predicted molar refractivity (Wildman–Crippen MR) is 157 cm³/mol. The van der Waals surface area contributed by atoms with Crippen LogP contribution in [0.1, 0.15) is 88.7 Å². The molecule has 3 N–H and O–H groups in total. The third kappa shape index (κ3) is 7.28. The van der Waals surface area contributed by atoms with Gasteiger partial charge < -0.3 is 20.5 Å². The second kappa shape index (κ2) is 13.6. The van der Waals surface area contributed by atoms with Gasteiger partial charge in [-0.1, -0.05) is 37.1 Å². The summed E-state index contributed by atoms with van der Waals surface area (Å²) in [4.78, 5) is 54.6. The zero-order chi connectivity index (χ0) is 30.6. The van der Waals surface area contributed by atoms with Crippen molar-refractivity contribution in [1.82, 2.24) is 10.2 Å². The average molecular weight is 598 g/mol. The maximum atomic E-state index is 14.3. The Morgan fingerprint density at radius 1 is 1.12 bits per heavy atom. The summed E-state index contributed by atoms with van der Waals surface area (Å²) in [7, 11) is 0. The van der Waals surface area contributed by atoms with E-state index in [-0.39, 0.29) is 61.9 Å². The van der Waals surface area contributed by atoms with Crippen LogP contribution >= 0.6 is 0 Å². The molecule has 43 heavy (non-hydrogen) atoms. The molecular weight excluding hydrogens is 553 g/mol. The third-order valence-electron chi connectivity index (χ3n) is 9.55. The molecule has 1 unspecified atom stereocenters. The molecule has 2 aliphatic heterocycles. The van der Waals surface area contributed by atoms with Gasteiger partial charge in [0.15, 0.2) is 0 Å². The Balaban J connectivity index is 1.34. The SMILES string of the molecule is CCOC(=O)[C@@]12C[C@H]1/C=C\CCCCC[C@H](N)C(=O)CC1CC[C@@H](C[C@@H](OC(=O)N3Cc4cccc(F)c4C3)C1)C(=O)N2. The molecular formula is C33H44FN3O6. The van der Waals surface area contributed by atoms with E-state index in [2.05, 4.69) is 11.4 Å². The van der Waals surface area contributed by atoms with E-state index in [1.165, 1.54) is 11.0 Å². The standard InChI is InChI=1S/C33H44FN3O6/c1-2-42-31(40)33-18-24(33)10-6-4-3-5-7-12-28(35)29(38)16-21-13-14-22(30(39)36-33)17-25(15-21)43-32(41)37-19-23-9-8-11-27(34)26(23)20-37/h6,8-11,21-22,24-25,28H,2-5,7,12-20,35H2,1H3,(H,36,39)/b10-6-/t21?,22-,24+,25-,28-,33+/m0/s1. The molecule has 0 spiro atoms. The van der Waals surface area contributed by atoms with Gasteiger partial charge in [0.1, 0.15) is 23.2 Å². The number of amides is 2. The molecule has 0 aromatic heterocycles. The number of fused-ring (bicyclic) bond motifs is 5. The van der Waals surface area contributed by atoms with Gasteiger partial charge in [-0.25, -0.2) is 14.0 Å². The number of hydrogen-bond acceptors (Lipinski definition) is 7. The number of ketones is 1. The third-order valence-corrected chi connectivity index (χ3v) is 9.55. The first-order valence-electron chi connectivity index (χ1n) is 15.9. The van der Waals surface area contributed by atoms with Gasteiger partial charge >= 0.3 is 12.1 Å². The normalized spacial score (nSPS) is 32.3. The minimum absolute atomic E-state index is 0.00783. The summed E-state index contributed by atoms with van der Waals surface area (Å²) in [6.07, 6.45) is 9.63. The second-order valence-corrected chi connectivity index (χ2v) is 12.7. The lowest BCUT2D eigenvalue weighted by Gasteiger charge is -2.25. The van der Waals surface area contributed by atoms with Crippen molar-refractivity contribution in [3.8, 4) is 0 Å². The van der Waals surface area contributed by atoms with Gasteiger partial charge in [-0.05, 0) is 75.8 Å². The predicted octanol–water partition coefficient (Wildman–Crippen LogP) is 4.70. The first kappa shape index (κ1) is 31.2. The fraction of sp³-hybridized carbons (Fsp3) is 0.636. The molecule has 9 nitrogen and oxygen atoms in total. The molecule has 2 amide bonds. The van der Waals surface area contributed by atoms with E-state index in [1.54, 1.807) is 19.1 Å². The summed E-state index contributed by atoms with van der Waals surface area (Å²) < 4.78 is 25.7. The molecule has 5 rings (SSSR count). The minimum atomic E-state index is -1.08. The monoisotopic (exact) mass is 597 g/mol. The highest BCUT2D eigenvalue weighted by Crippen LogP contribution is 2.46. The van der Waals surface area contributed by atoms with E-state index in [0.29, 0.717) is 37.7 Å². The minimum Gasteiger partial charge on any atom is -0.464 e. The highest BCUT2D eigenvalue weighted by Gasteiger charge is 2.61. The van der Waals surface area contributed by atoms with Crippen LogP contribution in [-0.4, -0.2) is 52.9 Å². The number of rotatable bonds is 3. The smallest absolute Gasteiger partial charge is 0.410 e. The van der Waals surface area contributed by atoms with Crippen LogP contribution in [0, 0.1) is 23.6 Å². The number of Topliss-reactive ketones (excluding diaryl/α,β-unsaturated/α-hetero) is 1. The number of nitrogens with zero attached hydrogens (tertiary/aromatic N) is 1. The Morgan fingerprint density at radius 3 is 2.74 bits per heavy atom. The summed E-state index contributed by atoms with van der Waals surface area (Å²) in [6.45, 7) is 2.33. The zero-order valence-corrected chi connectivity index (χ0v) is 25.0. The molecule has 6 atom stereocenters. The quantitative estimate of drug-likeness (QED) is 0.382. The molecule has 0 radical (unpaired) electrons. The summed E-state index contributed by atoms with van der Waals surface area (Å²) in [5.41, 5.74) is 6.41. The largest absolute Gasteiger partial charge is 0.464 e. The molecule has 10 heteroatoms. The van der Waals surface area contributed by atoms with Crippen LogP contribution in [0.3, 0.4) is 0 Å². The fourth-order valence-electron chi connectivity index (χ4n) is 6.90. The second-order valence-electron chi connectivity index (χ2n) is 12.7. The number of ether oxygens (including phenoxy) is 2. The molecule has 1 aromatic carbocycles. The van der Waals surface area contributed by atoms with Crippen LogP contribution in [0.2, 0.25) is 0 Å². The lowest BCUT2D eigenvalue weighted by atomic mass is 9.90. The van der Waals surface area contributed by atoms with Crippen molar-refractivity contribution in [2.45, 2.75) is 108 Å². The maximum absolute atomic E-state index is 14.3. The Kier molecular flexibility index (Phi) is 9.84. The Hall–Kier alpha value is -3.27. The Morgan fingerprint density at radius 2 is 1.95 bits per heavy atom. The Bertz CT molecular complexity index is 1250. The molecule has 2 aliphatic carbocycles. The number of allylic oxidation sites excluding steroid dienone is 1. The van der Waals surface area contributed by atoms with E-state index in [1.807, 2.05) is 6.08 Å². The van der Waals surface area contributed by atoms with Gasteiger partial charge in [-0.15, -0.1) is 0 Å². The molecule has 2 bridgehead atoms. The van der Waals surface area contributed by atoms with Crippen LogP contribution < -0.4 is 11.1 Å². The Labute approximate surface area is 252 Å². The average Bonchev–Trinajstić information content (AvgIpc) is 3.55. The number of carbonyl (C=O) groups is 4. The van der Waals surface area contributed by atoms with Crippen molar-refractivity contribution in [2.24, 2.45) is 23.5 Å². The molecule has 0 saturated heterocycles. The highest BCUT2D eigenvalue weighted by atomic mass is 19.1. The number of carbonyl (C=O) groups excluding carboxylic acids is 4. The van der Waals surface area contributed by atoms with Crippen LogP contribution in [-0.2, 0) is 36.9 Å². The molecule has 2 heterocycles. The number of nitrogens with two attached hydrogens (primary N) is 1. The van der Waals surface area contributed by atoms with Crippen molar-refractivity contribution in [2.75, 3.05) is 6.61 Å². The van der Waals surface area contributed by atoms with Crippen molar-refractivity contribution in [3.05, 3.63) is 47.3 Å². The number of benzene rings is 1. The van der Waals surface area contributed by atoms with Gasteiger partial charge in [0.05, 0.1) is 19.2 Å². The molecule has 2 fully saturated rings. The molecule has 4 aliphatic rings. The van der Waals surface area contributed by atoms with Crippen molar-refractivity contribution in [3.63, 3.8) is 0 Å². The lowest BCUT2D eigenvalue weighted by Crippen LogP contribution is -2.48. The van der Waals surface area contributed by atoms with E-state index < -0.39 is 35.7 Å². The van der Waals surface area contributed by atoms with E-state index in [4.69, 9.17) is 15.2 Å². The first-order chi connectivity index (χ1) is 20.7. The molecule has 234 valence electrons. The van der Waals surface area contributed by atoms with Crippen LogP contribution in [0.4, 0.5) is 9.18 Å². The number of nitrogens with one attached hydrogen (secondary N) is 1.